The molecule has 0 unspecified atom stereocenters. The van der Waals surface area contributed by atoms with Gasteiger partial charge in [0.05, 0.1) is 6.20 Å². The SMILES string of the molecule is Cc1cccc(C)c1-c1cc[nH+]c(N)n1. The molecule has 1 aromatic heterocycles. The monoisotopic (exact) mass is 200 g/mol. The lowest BCUT2D eigenvalue weighted by atomic mass is 10.00. The lowest BCUT2D eigenvalue weighted by Crippen LogP contribution is -2.12. The van der Waals surface area contributed by atoms with Crippen molar-refractivity contribution in [2.24, 2.45) is 0 Å². The Morgan fingerprint density at radius 3 is 2.40 bits per heavy atom. The molecule has 76 valence electrons. The van der Waals surface area contributed by atoms with Gasteiger partial charge in [0.25, 0.3) is 0 Å². The molecule has 0 amide bonds. The van der Waals surface area contributed by atoms with E-state index >= 15 is 0 Å². The molecule has 2 aromatic rings. The normalized spacial score (nSPS) is 10.3. The van der Waals surface area contributed by atoms with Crippen LogP contribution in [0, 0.1) is 13.8 Å². The third kappa shape index (κ3) is 1.81. The van der Waals surface area contributed by atoms with E-state index in [1.54, 1.807) is 0 Å². The number of aromatic nitrogens is 2. The van der Waals surface area contributed by atoms with Gasteiger partial charge < -0.3 is 0 Å². The molecule has 0 radical (unpaired) electrons. The van der Waals surface area contributed by atoms with E-state index in [1.807, 2.05) is 18.3 Å². The Morgan fingerprint density at radius 1 is 1.13 bits per heavy atom. The van der Waals surface area contributed by atoms with E-state index in [-0.39, 0.29) is 0 Å². The van der Waals surface area contributed by atoms with Crippen LogP contribution in [-0.4, -0.2) is 4.98 Å². The van der Waals surface area contributed by atoms with Gasteiger partial charge in [-0.2, -0.15) is 0 Å². The smallest absolute Gasteiger partial charge is 0.287 e. The molecule has 3 nitrogen and oxygen atoms in total. The highest BCUT2D eigenvalue weighted by Gasteiger charge is 2.10. The van der Waals surface area contributed by atoms with Gasteiger partial charge in [0, 0.05) is 11.6 Å². The van der Waals surface area contributed by atoms with Gasteiger partial charge >= 0.3 is 5.95 Å². The molecule has 0 atom stereocenters. The Labute approximate surface area is 89.0 Å². The summed E-state index contributed by atoms with van der Waals surface area (Å²) in [7, 11) is 0. The van der Waals surface area contributed by atoms with E-state index < -0.39 is 0 Å². The van der Waals surface area contributed by atoms with Gasteiger partial charge in [-0.25, -0.2) is 4.98 Å². The second-order valence-electron chi connectivity index (χ2n) is 3.63. The highest BCUT2D eigenvalue weighted by molar-refractivity contribution is 5.67. The Morgan fingerprint density at radius 2 is 1.80 bits per heavy atom. The molecule has 0 fully saturated rings. The van der Waals surface area contributed by atoms with Gasteiger partial charge in [-0.05, 0) is 25.0 Å². The first-order valence-corrected chi connectivity index (χ1v) is 4.89. The largest absolute Gasteiger partial charge is 0.387 e. The minimum absolute atomic E-state index is 0.440. The number of hydrogen-bond donors (Lipinski definition) is 1. The third-order valence-corrected chi connectivity index (χ3v) is 2.45. The van der Waals surface area contributed by atoms with Crippen molar-refractivity contribution in [3.63, 3.8) is 0 Å². The Bertz CT molecular complexity index is 472. The van der Waals surface area contributed by atoms with Crippen LogP contribution in [0.2, 0.25) is 0 Å². The van der Waals surface area contributed by atoms with Crippen LogP contribution in [0.3, 0.4) is 0 Å². The number of H-pyrrole nitrogens is 1. The number of rotatable bonds is 1. The van der Waals surface area contributed by atoms with Crippen molar-refractivity contribution in [1.82, 2.24) is 4.98 Å². The lowest BCUT2D eigenvalue weighted by molar-refractivity contribution is -0.364. The fraction of sp³-hybridized carbons (Fsp3) is 0.167. The topological polar surface area (TPSA) is 53.0 Å². The summed E-state index contributed by atoms with van der Waals surface area (Å²) in [5, 5.41) is 0. The average molecular weight is 200 g/mol. The number of aromatic amines is 1. The van der Waals surface area contributed by atoms with Crippen molar-refractivity contribution in [1.29, 1.82) is 0 Å². The summed E-state index contributed by atoms with van der Waals surface area (Å²) >= 11 is 0. The van der Waals surface area contributed by atoms with Crippen molar-refractivity contribution in [2.75, 3.05) is 5.73 Å². The lowest BCUT2D eigenvalue weighted by Gasteiger charge is -2.05. The van der Waals surface area contributed by atoms with E-state index in [2.05, 4.69) is 35.9 Å². The van der Waals surface area contributed by atoms with Crippen LogP contribution in [-0.2, 0) is 0 Å². The van der Waals surface area contributed by atoms with Gasteiger partial charge in [-0.1, -0.05) is 23.2 Å². The quantitative estimate of drug-likeness (QED) is 0.762. The summed E-state index contributed by atoms with van der Waals surface area (Å²) in [4.78, 5) is 7.13. The van der Waals surface area contributed by atoms with Crippen molar-refractivity contribution in [2.45, 2.75) is 13.8 Å². The highest BCUT2D eigenvalue weighted by Crippen LogP contribution is 2.24. The molecule has 1 heterocycles. The first kappa shape index (κ1) is 9.65. The number of benzene rings is 1. The predicted molar refractivity (Wildman–Crippen MR) is 60.1 cm³/mol. The Kier molecular flexibility index (Phi) is 2.37. The molecule has 0 aliphatic heterocycles. The fourth-order valence-electron chi connectivity index (χ4n) is 1.76. The maximum absolute atomic E-state index is 5.63. The number of nitrogens with zero attached hydrogens (tertiary/aromatic N) is 1. The zero-order valence-electron chi connectivity index (χ0n) is 8.91. The van der Waals surface area contributed by atoms with E-state index in [4.69, 9.17) is 5.73 Å². The summed E-state index contributed by atoms with van der Waals surface area (Å²) in [5.41, 5.74) is 10.1. The van der Waals surface area contributed by atoms with Gasteiger partial charge in [0.1, 0.15) is 0 Å². The molecule has 3 N–H and O–H groups in total. The van der Waals surface area contributed by atoms with Crippen LogP contribution in [0.5, 0.6) is 0 Å². The van der Waals surface area contributed by atoms with Crippen LogP contribution in [0.15, 0.2) is 30.5 Å². The molecular weight excluding hydrogens is 186 g/mol. The molecule has 0 spiro atoms. The van der Waals surface area contributed by atoms with Crippen molar-refractivity contribution in [3.05, 3.63) is 41.6 Å². The minimum Gasteiger partial charge on any atom is -0.287 e. The number of nitrogen functional groups attached to an aromatic ring is 1. The molecule has 0 aliphatic carbocycles. The van der Waals surface area contributed by atoms with Crippen LogP contribution < -0.4 is 10.7 Å². The summed E-state index contributed by atoms with van der Waals surface area (Å²) < 4.78 is 0. The van der Waals surface area contributed by atoms with E-state index in [0.717, 1.165) is 5.69 Å². The molecule has 0 aliphatic rings. The standard InChI is InChI=1S/C12H13N3/c1-8-4-3-5-9(2)11(8)10-6-7-14-12(13)15-10/h3-7H,1-2H3,(H2,13,14,15)/p+1. The molecule has 0 bridgehead atoms. The fourth-order valence-corrected chi connectivity index (χ4v) is 1.76. The van der Waals surface area contributed by atoms with Gasteiger partial charge in [-0.3, -0.25) is 5.73 Å². The van der Waals surface area contributed by atoms with Crippen molar-refractivity contribution >= 4 is 5.95 Å². The minimum atomic E-state index is 0.440. The second kappa shape index (κ2) is 3.69. The molecular formula is C12H14N3+. The zero-order valence-corrected chi connectivity index (χ0v) is 8.91. The first-order chi connectivity index (χ1) is 7.18. The summed E-state index contributed by atoms with van der Waals surface area (Å²) in [6, 6.07) is 8.14. The zero-order chi connectivity index (χ0) is 10.8. The molecule has 0 saturated carbocycles. The van der Waals surface area contributed by atoms with Crippen molar-refractivity contribution in [3.8, 4) is 11.3 Å². The Hall–Kier alpha value is -1.90. The van der Waals surface area contributed by atoms with Crippen LogP contribution in [0.1, 0.15) is 11.1 Å². The first-order valence-electron chi connectivity index (χ1n) is 4.89. The summed E-state index contributed by atoms with van der Waals surface area (Å²) in [5.74, 6) is 0.440. The molecule has 15 heavy (non-hydrogen) atoms. The van der Waals surface area contributed by atoms with Crippen molar-refractivity contribution < 1.29 is 4.98 Å². The van der Waals surface area contributed by atoms with Gasteiger partial charge in [0.2, 0.25) is 0 Å². The maximum atomic E-state index is 5.63. The van der Waals surface area contributed by atoms with Crippen LogP contribution in [0.4, 0.5) is 5.95 Å². The molecule has 2 rings (SSSR count). The van der Waals surface area contributed by atoms with Gasteiger partial charge in [-0.15, -0.1) is 0 Å². The van der Waals surface area contributed by atoms with Crippen LogP contribution in [0.25, 0.3) is 11.3 Å². The second-order valence-corrected chi connectivity index (χ2v) is 3.63. The van der Waals surface area contributed by atoms with Crippen LogP contribution >= 0.6 is 0 Å². The maximum Gasteiger partial charge on any atom is 0.387 e. The third-order valence-electron chi connectivity index (χ3n) is 2.45. The highest BCUT2D eigenvalue weighted by atomic mass is 15.0. The molecule has 1 aromatic carbocycles. The van der Waals surface area contributed by atoms with Gasteiger partial charge in [0.15, 0.2) is 5.69 Å². The average Bonchev–Trinajstić information content (AvgIpc) is 2.17. The summed E-state index contributed by atoms with van der Waals surface area (Å²) in [6.45, 7) is 4.16. The predicted octanol–water partition coefficient (Wildman–Crippen LogP) is 1.76. The Balaban J connectivity index is 2.63. The number of nitrogens with one attached hydrogen (secondary N) is 1. The molecule has 0 saturated heterocycles. The van der Waals surface area contributed by atoms with E-state index in [0.29, 0.717) is 5.95 Å². The number of nitrogens with two attached hydrogens (primary N) is 1. The van der Waals surface area contributed by atoms with E-state index in [1.165, 1.54) is 16.7 Å². The summed E-state index contributed by atoms with van der Waals surface area (Å²) in [6.07, 6.45) is 1.81. The molecule has 3 heteroatoms. The number of hydrogen-bond acceptors (Lipinski definition) is 2. The number of aryl methyl sites for hydroxylation is 2. The van der Waals surface area contributed by atoms with E-state index in [9.17, 15) is 0 Å². The number of anilines is 1.